The van der Waals surface area contributed by atoms with Gasteiger partial charge in [-0.1, -0.05) is 6.92 Å². The van der Waals surface area contributed by atoms with E-state index in [2.05, 4.69) is 5.32 Å². The number of aliphatic hydroxyl groups excluding tert-OH is 1. The van der Waals surface area contributed by atoms with E-state index in [0.717, 1.165) is 0 Å². The van der Waals surface area contributed by atoms with Crippen molar-refractivity contribution in [3.63, 3.8) is 0 Å². The number of amides is 2. The van der Waals surface area contributed by atoms with Gasteiger partial charge in [0.2, 0.25) is 5.91 Å². The average molecular weight is 453 g/mol. The normalized spacial score (nSPS) is 21.6. The molecular formula is C23H33FN2O6. The van der Waals surface area contributed by atoms with Crippen LogP contribution >= 0.6 is 0 Å². The quantitative estimate of drug-likeness (QED) is 0.616. The number of aliphatic hydroxyl groups is 1. The standard InChI is InChI=1S/C23H33FN2O6/c1-13(21(29)25-14(2)19(28)15-7-9-16(24)10-8-15)20(31-6)18-11-17(27)12-26(18)22(30)32-23(3,4)5/h7-10,13-14,17-18,20,27H,11-12H2,1-6H3,(H,25,29)/t13-,14+,17+,18+,20-/m1/s1. The van der Waals surface area contributed by atoms with E-state index in [-0.39, 0.29) is 24.3 Å². The van der Waals surface area contributed by atoms with Gasteiger partial charge < -0.3 is 19.9 Å². The van der Waals surface area contributed by atoms with Crippen molar-refractivity contribution in [1.29, 1.82) is 0 Å². The van der Waals surface area contributed by atoms with Crippen molar-refractivity contribution in [1.82, 2.24) is 10.2 Å². The van der Waals surface area contributed by atoms with Crippen LogP contribution in [0.3, 0.4) is 0 Å². The van der Waals surface area contributed by atoms with Gasteiger partial charge in [-0.3, -0.25) is 14.5 Å². The smallest absolute Gasteiger partial charge is 0.410 e. The van der Waals surface area contributed by atoms with Crippen LogP contribution in [0.15, 0.2) is 24.3 Å². The topological polar surface area (TPSA) is 105 Å². The summed E-state index contributed by atoms with van der Waals surface area (Å²) in [5.41, 5.74) is -0.429. The van der Waals surface area contributed by atoms with Crippen molar-refractivity contribution in [3.05, 3.63) is 35.6 Å². The van der Waals surface area contributed by atoms with Gasteiger partial charge in [0.1, 0.15) is 11.4 Å². The average Bonchev–Trinajstić information content (AvgIpc) is 3.08. The summed E-state index contributed by atoms with van der Waals surface area (Å²) in [6.07, 6.45) is -1.85. The first-order chi connectivity index (χ1) is 14.8. The van der Waals surface area contributed by atoms with Crippen LogP contribution in [0.5, 0.6) is 0 Å². The van der Waals surface area contributed by atoms with Gasteiger partial charge in [0.15, 0.2) is 5.78 Å². The highest BCUT2D eigenvalue weighted by atomic mass is 19.1. The molecule has 9 heteroatoms. The highest BCUT2D eigenvalue weighted by Gasteiger charge is 2.44. The van der Waals surface area contributed by atoms with Crippen LogP contribution in [0.25, 0.3) is 0 Å². The van der Waals surface area contributed by atoms with Gasteiger partial charge in [0.25, 0.3) is 0 Å². The van der Waals surface area contributed by atoms with Gasteiger partial charge in [-0.15, -0.1) is 0 Å². The number of β-amino-alcohol motifs (C(OH)–C–C–N with tert-alkyl or cyclic N) is 1. The zero-order valence-corrected chi connectivity index (χ0v) is 19.4. The zero-order valence-electron chi connectivity index (χ0n) is 19.4. The number of nitrogens with zero attached hydrogens (tertiary/aromatic N) is 1. The number of hydrogen-bond acceptors (Lipinski definition) is 6. The molecule has 2 rings (SSSR count). The minimum Gasteiger partial charge on any atom is -0.444 e. The van der Waals surface area contributed by atoms with E-state index in [1.165, 1.54) is 36.3 Å². The first kappa shape index (κ1) is 25.7. The second kappa shape index (κ2) is 10.4. The molecule has 1 heterocycles. The molecule has 0 spiro atoms. The number of nitrogens with one attached hydrogen (secondary N) is 1. The Labute approximate surface area is 188 Å². The molecule has 0 bridgehead atoms. The third-order valence-corrected chi connectivity index (χ3v) is 5.39. The molecule has 0 aliphatic carbocycles. The van der Waals surface area contributed by atoms with E-state index in [4.69, 9.17) is 9.47 Å². The Kier molecular flexibility index (Phi) is 8.36. The number of rotatable bonds is 7. The molecule has 178 valence electrons. The molecule has 32 heavy (non-hydrogen) atoms. The minimum atomic E-state index is -0.843. The largest absolute Gasteiger partial charge is 0.444 e. The van der Waals surface area contributed by atoms with Crippen molar-refractivity contribution in [2.75, 3.05) is 13.7 Å². The first-order valence-corrected chi connectivity index (χ1v) is 10.6. The molecule has 1 aromatic rings. The number of methoxy groups -OCH3 is 1. The summed E-state index contributed by atoms with van der Waals surface area (Å²) in [5.74, 6) is -1.98. The maximum absolute atomic E-state index is 13.1. The van der Waals surface area contributed by atoms with Gasteiger partial charge in [0, 0.05) is 12.7 Å². The molecule has 0 saturated carbocycles. The third-order valence-electron chi connectivity index (χ3n) is 5.39. The Hall–Kier alpha value is -2.52. The molecule has 1 aliphatic heterocycles. The summed E-state index contributed by atoms with van der Waals surface area (Å²) in [6.45, 7) is 8.50. The van der Waals surface area contributed by atoms with Crippen molar-refractivity contribution >= 4 is 17.8 Å². The minimum absolute atomic E-state index is 0.0766. The Morgan fingerprint density at radius 2 is 1.78 bits per heavy atom. The summed E-state index contributed by atoms with van der Waals surface area (Å²) in [4.78, 5) is 39.5. The zero-order chi connectivity index (χ0) is 24.2. The lowest BCUT2D eigenvalue weighted by atomic mass is 9.94. The Bertz CT molecular complexity index is 823. The number of ketones is 1. The van der Waals surface area contributed by atoms with Crippen LogP contribution in [0, 0.1) is 11.7 Å². The second-order valence-corrected chi connectivity index (χ2v) is 9.18. The molecule has 2 N–H and O–H groups in total. The summed E-state index contributed by atoms with van der Waals surface area (Å²) >= 11 is 0. The van der Waals surface area contributed by atoms with E-state index in [9.17, 15) is 23.9 Å². The van der Waals surface area contributed by atoms with Crippen LogP contribution in [0.1, 0.15) is 51.4 Å². The van der Waals surface area contributed by atoms with Crippen molar-refractivity contribution in [3.8, 4) is 0 Å². The van der Waals surface area contributed by atoms with E-state index in [1.54, 1.807) is 34.6 Å². The number of halogens is 1. The number of benzene rings is 1. The van der Waals surface area contributed by atoms with E-state index < -0.39 is 53.6 Å². The number of Topliss-reactive ketones (excluding diaryl/α,β-unsaturated/α-hetero) is 1. The molecule has 1 fully saturated rings. The summed E-state index contributed by atoms with van der Waals surface area (Å²) in [5, 5.41) is 12.8. The first-order valence-electron chi connectivity index (χ1n) is 10.6. The third kappa shape index (κ3) is 6.49. The number of carbonyl (C=O) groups is 3. The van der Waals surface area contributed by atoms with Crippen LogP contribution in [0.4, 0.5) is 9.18 Å². The lowest BCUT2D eigenvalue weighted by molar-refractivity contribution is -0.131. The van der Waals surface area contributed by atoms with Gasteiger partial charge >= 0.3 is 6.09 Å². The van der Waals surface area contributed by atoms with Crippen molar-refractivity contribution in [2.45, 2.75) is 70.9 Å². The Balaban J connectivity index is 2.09. The molecule has 0 radical (unpaired) electrons. The summed E-state index contributed by atoms with van der Waals surface area (Å²) < 4.78 is 24.1. The van der Waals surface area contributed by atoms with Crippen LogP contribution < -0.4 is 5.32 Å². The number of ether oxygens (including phenoxy) is 2. The Morgan fingerprint density at radius 1 is 1.19 bits per heavy atom. The number of hydrogen-bond donors (Lipinski definition) is 2. The summed E-state index contributed by atoms with van der Waals surface area (Å²) in [6, 6.07) is 3.67. The molecule has 1 saturated heterocycles. The van der Waals surface area contributed by atoms with Crippen LogP contribution in [0.2, 0.25) is 0 Å². The van der Waals surface area contributed by atoms with E-state index in [1.807, 2.05) is 0 Å². The van der Waals surface area contributed by atoms with Crippen molar-refractivity contribution in [2.24, 2.45) is 5.92 Å². The lowest BCUT2D eigenvalue weighted by Gasteiger charge is -2.34. The highest BCUT2D eigenvalue weighted by molar-refractivity contribution is 6.01. The Morgan fingerprint density at radius 3 is 2.31 bits per heavy atom. The molecule has 8 nitrogen and oxygen atoms in total. The maximum Gasteiger partial charge on any atom is 0.410 e. The van der Waals surface area contributed by atoms with Gasteiger partial charge in [-0.2, -0.15) is 0 Å². The number of likely N-dealkylation sites (tertiary alicyclic amines) is 1. The fourth-order valence-corrected chi connectivity index (χ4v) is 3.80. The highest BCUT2D eigenvalue weighted by Crippen LogP contribution is 2.28. The maximum atomic E-state index is 13.1. The number of carbonyl (C=O) groups excluding carboxylic acids is 3. The predicted octanol–water partition coefficient (Wildman–Crippen LogP) is 2.53. The molecule has 0 aromatic heterocycles. The van der Waals surface area contributed by atoms with Gasteiger partial charge in [-0.05, 0) is 58.4 Å². The van der Waals surface area contributed by atoms with Crippen LogP contribution in [-0.4, -0.2) is 71.3 Å². The predicted molar refractivity (Wildman–Crippen MR) is 116 cm³/mol. The van der Waals surface area contributed by atoms with E-state index >= 15 is 0 Å². The molecule has 5 atom stereocenters. The molecular weight excluding hydrogens is 419 g/mol. The fourth-order valence-electron chi connectivity index (χ4n) is 3.80. The lowest BCUT2D eigenvalue weighted by Crippen LogP contribution is -2.52. The van der Waals surface area contributed by atoms with Gasteiger partial charge in [-0.25, -0.2) is 9.18 Å². The monoisotopic (exact) mass is 452 g/mol. The van der Waals surface area contributed by atoms with Gasteiger partial charge in [0.05, 0.1) is 36.8 Å². The SMILES string of the molecule is CO[C@H]([C@@H](C)C(=O)N[C@@H](C)C(=O)c1ccc(F)cc1)[C@@H]1C[C@H](O)CN1C(=O)OC(C)(C)C. The summed E-state index contributed by atoms with van der Waals surface area (Å²) in [7, 11) is 1.43. The molecule has 0 unspecified atom stereocenters. The van der Waals surface area contributed by atoms with E-state index in [0.29, 0.717) is 0 Å². The van der Waals surface area contributed by atoms with Crippen LogP contribution in [-0.2, 0) is 14.3 Å². The molecule has 1 aliphatic rings. The fraction of sp³-hybridized carbons (Fsp3) is 0.609. The molecule has 1 aromatic carbocycles. The molecule has 2 amide bonds. The van der Waals surface area contributed by atoms with Crippen molar-refractivity contribution < 1.29 is 33.4 Å². The second-order valence-electron chi connectivity index (χ2n) is 9.18.